The Labute approximate surface area is 340 Å². The number of phenols is 1. The quantitative estimate of drug-likeness (QED) is 0.0457. The molecular formula is C48H68N3O6-. The van der Waals surface area contributed by atoms with E-state index in [1.54, 1.807) is 18.3 Å². The molecule has 0 radical (unpaired) electrons. The molecule has 3 aromatic rings. The molecule has 1 aromatic carbocycles. The normalized spacial score (nSPS) is 26.8. The highest BCUT2D eigenvalue weighted by Crippen LogP contribution is 2.57. The van der Waals surface area contributed by atoms with Crippen molar-refractivity contribution in [3.8, 4) is 5.75 Å². The third kappa shape index (κ3) is 11.1. The largest absolute Gasteiger partial charge is 0.667 e. The van der Waals surface area contributed by atoms with Crippen LogP contribution in [0, 0.1) is 29.6 Å². The maximum atomic E-state index is 12.7. The van der Waals surface area contributed by atoms with Crippen LogP contribution in [0.3, 0.4) is 0 Å². The first-order chi connectivity index (χ1) is 27.5. The summed E-state index contributed by atoms with van der Waals surface area (Å²) in [5.41, 5.74) is 9.26. The first-order valence-corrected chi connectivity index (χ1v) is 22.1. The maximum Gasteiger partial charge on any atom is 0.309 e. The van der Waals surface area contributed by atoms with E-state index in [0.717, 1.165) is 81.0 Å². The second-order valence-electron chi connectivity index (χ2n) is 18.1. The molecule has 7 N–H and O–H groups in total. The third-order valence-corrected chi connectivity index (χ3v) is 14.2. The topological polar surface area (TPSA) is 171 Å². The fraction of sp³-hybridized carbons (Fsp3) is 0.625. The highest BCUT2D eigenvalue weighted by Gasteiger charge is 2.54. The number of nitrogen functional groups attached to an aromatic ring is 1. The second kappa shape index (κ2) is 19.9. The fourth-order valence-electron chi connectivity index (χ4n) is 10.9. The van der Waals surface area contributed by atoms with Crippen LogP contribution < -0.4 is 10.7 Å². The Hall–Kier alpha value is -3.66. The number of nitrogens with two attached hydrogens (primary N) is 1. The predicted molar refractivity (Wildman–Crippen MR) is 225 cm³/mol. The van der Waals surface area contributed by atoms with Gasteiger partial charge >= 0.3 is 5.97 Å². The van der Waals surface area contributed by atoms with Crippen molar-refractivity contribution in [3.63, 3.8) is 0 Å². The molecule has 8 atom stereocenters. The molecule has 2 heterocycles. The highest BCUT2D eigenvalue weighted by molar-refractivity contribution is 5.70. The van der Waals surface area contributed by atoms with Crippen LogP contribution in [0.25, 0.3) is 0 Å². The lowest BCUT2D eigenvalue weighted by molar-refractivity contribution is -0.146. The van der Waals surface area contributed by atoms with Crippen LogP contribution in [-0.4, -0.2) is 54.3 Å². The Morgan fingerprint density at radius 3 is 2.46 bits per heavy atom. The van der Waals surface area contributed by atoms with Gasteiger partial charge in [-0.2, -0.15) is 11.9 Å². The van der Waals surface area contributed by atoms with E-state index in [2.05, 4.69) is 36.2 Å². The molecule has 2 saturated carbocycles. The number of carboxylic acids is 1. The molecule has 9 heteroatoms. The van der Waals surface area contributed by atoms with Crippen molar-refractivity contribution >= 4 is 11.8 Å². The third-order valence-electron chi connectivity index (χ3n) is 14.2. The zero-order chi connectivity index (χ0) is 40.4. The number of rotatable bonds is 21. The summed E-state index contributed by atoms with van der Waals surface area (Å²) in [5, 5.41) is 54.9. The van der Waals surface area contributed by atoms with E-state index in [1.807, 2.05) is 24.4 Å². The molecule has 8 unspecified atom stereocenters. The van der Waals surface area contributed by atoms with Crippen molar-refractivity contribution in [2.45, 2.75) is 159 Å². The van der Waals surface area contributed by atoms with Crippen LogP contribution in [0.4, 0.5) is 5.82 Å². The first-order valence-electron chi connectivity index (χ1n) is 22.1. The number of benzene rings is 1. The number of allylic oxidation sites excluding steroid dienone is 1. The minimum atomic E-state index is -1.09. The summed E-state index contributed by atoms with van der Waals surface area (Å²) in [4.78, 5) is 21.6. The summed E-state index contributed by atoms with van der Waals surface area (Å²) in [6.45, 7) is 2.21. The molecule has 0 spiro atoms. The van der Waals surface area contributed by atoms with Crippen molar-refractivity contribution < 1.29 is 30.3 Å². The number of aromatic hydroxyl groups is 1. The molecular weight excluding hydrogens is 715 g/mol. The number of carbonyl (C=O) groups is 1. The number of hydrogen-bond acceptors (Lipinski definition) is 7. The molecule has 2 fully saturated rings. The summed E-state index contributed by atoms with van der Waals surface area (Å²) < 4.78 is 0. The van der Waals surface area contributed by atoms with Gasteiger partial charge in [-0.1, -0.05) is 94.2 Å². The van der Waals surface area contributed by atoms with Gasteiger partial charge in [-0.3, -0.25) is 4.79 Å². The van der Waals surface area contributed by atoms with E-state index in [4.69, 9.17) is 10.7 Å². The van der Waals surface area contributed by atoms with Gasteiger partial charge in [0, 0.05) is 12.1 Å². The highest BCUT2D eigenvalue weighted by atomic mass is 16.4. The summed E-state index contributed by atoms with van der Waals surface area (Å²) >= 11 is 0. The van der Waals surface area contributed by atoms with E-state index in [-0.39, 0.29) is 41.4 Å². The zero-order valence-electron chi connectivity index (χ0n) is 34.2. The van der Waals surface area contributed by atoms with Gasteiger partial charge in [0.2, 0.25) is 0 Å². The minimum absolute atomic E-state index is 0.109. The second-order valence-corrected chi connectivity index (χ2v) is 18.1. The SMILES string of the molecule is CCCCCC1C=CC(CCCCCC(C(=O)O)C(O)CCC2(O)CC(C3(c4ccnc(N)c4)CCCC3)CC2Cc2cc(Cc3ccc(O)cc3)c[n-]2)C(O)C1. The smallest absolute Gasteiger partial charge is 0.309 e. The Morgan fingerprint density at radius 1 is 0.965 bits per heavy atom. The van der Waals surface area contributed by atoms with Crippen molar-refractivity contribution in [2.75, 3.05) is 5.73 Å². The minimum Gasteiger partial charge on any atom is -0.667 e. The average Bonchev–Trinajstić information content (AvgIpc) is 3.94. The van der Waals surface area contributed by atoms with E-state index in [9.17, 15) is 30.3 Å². The molecule has 0 amide bonds. The summed E-state index contributed by atoms with van der Waals surface area (Å²) in [5.74, 6) is -0.433. The number of pyridine rings is 1. The van der Waals surface area contributed by atoms with Gasteiger partial charge in [0.25, 0.3) is 0 Å². The number of aromatic nitrogens is 2. The number of phenolic OH excluding ortho intramolecular Hbond substituents is 1. The molecule has 0 saturated heterocycles. The lowest BCUT2D eigenvalue weighted by atomic mass is 9.67. The predicted octanol–water partition coefficient (Wildman–Crippen LogP) is 8.66. The molecule has 9 nitrogen and oxygen atoms in total. The Bertz CT molecular complexity index is 1730. The average molecular weight is 783 g/mol. The molecule has 57 heavy (non-hydrogen) atoms. The van der Waals surface area contributed by atoms with Crippen molar-refractivity contribution in [1.82, 2.24) is 9.97 Å². The molecule has 6 rings (SSSR count). The van der Waals surface area contributed by atoms with Crippen LogP contribution in [0.2, 0.25) is 0 Å². The summed E-state index contributed by atoms with van der Waals surface area (Å²) in [7, 11) is 0. The van der Waals surface area contributed by atoms with Gasteiger partial charge in [0.15, 0.2) is 0 Å². The summed E-state index contributed by atoms with van der Waals surface area (Å²) in [6, 6.07) is 13.4. The number of unbranched alkanes of at least 4 members (excludes halogenated alkanes) is 4. The number of aliphatic hydroxyl groups is 3. The lowest BCUT2D eigenvalue weighted by Crippen LogP contribution is -2.38. The monoisotopic (exact) mass is 783 g/mol. The number of aliphatic hydroxyl groups excluding tert-OH is 2. The van der Waals surface area contributed by atoms with Crippen LogP contribution in [0.1, 0.15) is 145 Å². The van der Waals surface area contributed by atoms with E-state index in [0.29, 0.717) is 50.3 Å². The standard InChI is InChI=1S/C48H68N3O6/c1-2-3-5-10-33-13-16-36(44(54)27-33)11-6-4-7-12-42(46(55)56)43(53)19-23-48(57)31-39(47(21-8-9-22-47)37-20-24-50-45(49)30-37)28-38(48)29-40-26-35(32-51-40)25-34-14-17-41(52)18-15-34/h13-18,20,24,26,30,32-33,36,38-39,42-44,52-54,57H,2-12,19,21-23,25,27-29,31H2,1H3,(H2,49,50)(H,55,56)/q-1. The Balaban J connectivity index is 1.08. The number of carboxylic acid groups (broad SMARTS) is 1. The maximum absolute atomic E-state index is 12.7. The van der Waals surface area contributed by atoms with Crippen molar-refractivity contribution in [2.24, 2.45) is 29.6 Å². The molecule has 0 bridgehead atoms. The van der Waals surface area contributed by atoms with Crippen LogP contribution >= 0.6 is 0 Å². The van der Waals surface area contributed by atoms with Crippen LogP contribution in [0.15, 0.2) is 67.0 Å². The molecule has 312 valence electrons. The van der Waals surface area contributed by atoms with E-state index in [1.165, 1.54) is 24.8 Å². The van der Waals surface area contributed by atoms with Crippen LogP contribution in [0.5, 0.6) is 5.75 Å². The zero-order valence-corrected chi connectivity index (χ0v) is 34.2. The first kappa shape index (κ1) is 42.9. The Kier molecular flexibility index (Phi) is 15.0. The van der Waals surface area contributed by atoms with E-state index < -0.39 is 23.6 Å². The van der Waals surface area contributed by atoms with E-state index >= 15 is 0 Å². The van der Waals surface area contributed by atoms with Gasteiger partial charge in [0.1, 0.15) is 11.6 Å². The molecule has 3 aliphatic carbocycles. The van der Waals surface area contributed by atoms with Crippen molar-refractivity contribution in [1.29, 1.82) is 0 Å². The Morgan fingerprint density at radius 2 is 1.74 bits per heavy atom. The molecule has 3 aliphatic rings. The van der Waals surface area contributed by atoms with Crippen molar-refractivity contribution in [3.05, 3.63) is 89.4 Å². The number of aliphatic carboxylic acids is 1. The van der Waals surface area contributed by atoms with Gasteiger partial charge < -0.3 is 36.3 Å². The van der Waals surface area contributed by atoms with Gasteiger partial charge in [0.05, 0.1) is 23.7 Å². The lowest BCUT2D eigenvalue weighted by Gasteiger charge is -2.37. The number of nitrogens with zero attached hydrogens (tertiary/aromatic N) is 2. The summed E-state index contributed by atoms with van der Waals surface area (Å²) in [6.07, 6.45) is 23.6. The molecule has 0 aliphatic heterocycles. The van der Waals surface area contributed by atoms with Gasteiger partial charge in [-0.05, 0) is 136 Å². The van der Waals surface area contributed by atoms with Gasteiger partial charge in [-0.25, -0.2) is 4.98 Å². The number of hydrogen-bond donors (Lipinski definition) is 6. The fourth-order valence-corrected chi connectivity index (χ4v) is 10.9. The number of anilines is 1. The van der Waals surface area contributed by atoms with Crippen LogP contribution in [-0.2, 0) is 23.1 Å². The van der Waals surface area contributed by atoms with Gasteiger partial charge in [-0.15, -0.1) is 0 Å². The molecule has 2 aromatic heterocycles.